The van der Waals surface area contributed by atoms with E-state index >= 15 is 0 Å². The van der Waals surface area contributed by atoms with Crippen LogP contribution in [0.4, 0.5) is 5.69 Å². The number of hydrogen-bond acceptors (Lipinski definition) is 3. The van der Waals surface area contributed by atoms with Gasteiger partial charge < -0.3 is 5.32 Å². The monoisotopic (exact) mass is 310 g/mol. The van der Waals surface area contributed by atoms with Crippen LogP contribution >= 0.6 is 0 Å². The van der Waals surface area contributed by atoms with Gasteiger partial charge >= 0.3 is 0 Å². The summed E-state index contributed by atoms with van der Waals surface area (Å²) in [7, 11) is -3.24. The molecule has 1 unspecified atom stereocenters. The van der Waals surface area contributed by atoms with Gasteiger partial charge in [0.25, 0.3) is 0 Å². The number of fused-ring (bicyclic) bond motifs is 1. The molecule has 21 heavy (non-hydrogen) atoms. The molecule has 4 nitrogen and oxygen atoms in total. The van der Waals surface area contributed by atoms with Gasteiger partial charge in [0.05, 0.1) is 11.4 Å². The Balaban J connectivity index is 2.08. The van der Waals surface area contributed by atoms with Gasteiger partial charge in [-0.1, -0.05) is 25.1 Å². The Morgan fingerprint density at radius 1 is 1.29 bits per heavy atom. The van der Waals surface area contributed by atoms with Crippen LogP contribution in [-0.2, 0) is 16.4 Å². The van der Waals surface area contributed by atoms with Crippen molar-refractivity contribution < 1.29 is 8.42 Å². The van der Waals surface area contributed by atoms with Crippen molar-refractivity contribution in [1.29, 1.82) is 0 Å². The van der Waals surface area contributed by atoms with Crippen molar-refractivity contribution in [2.45, 2.75) is 45.6 Å². The molecule has 1 aliphatic heterocycles. The Morgan fingerprint density at radius 3 is 2.81 bits per heavy atom. The van der Waals surface area contributed by atoms with Gasteiger partial charge in [0.15, 0.2) is 0 Å². The standard InChI is InChI=1S/C16H26N2O2S/c1-3-11-17-12-6-13-21(19,20)18-14(2)9-10-15-7-4-5-8-16(15)18/h4-5,7-8,14,17H,3,6,9-13H2,1-2H3. The number of nitrogens with one attached hydrogen (secondary N) is 1. The minimum atomic E-state index is -3.24. The topological polar surface area (TPSA) is 49.4 Å². The summed E-state index contributed by atoms with van der Waals surface area (Å²) < 4.78 is 27.0. The predicted octanol–water partition coefficient (Wildman–Crippen LogP) is 2.55. The van der Waals surface area contributed by atoms with Gasteiger partial charge in [-0.15, -0.1) is 0 Å². The molecule has 0 aromatic heterocycles. The number of para-hydroxylation sites is 1. The first-order valence-corrected chi connectivity index (χ1v) is 9.48. The van der Waals surface area contributed by atoms with Crippen molar-refractivity contribution in [3.63, 3.8) is 0 Å². The third kappa shape index (κ3) is 3.98. The zero-order chi connectivity index (χ0) is 15.3. The van der Waals surface area contributed by atoms with Crippen LogP contribution < -0.4 is 9.62 Å². The van der Waals surface area contributed by atoms with Gasteiger partial charge in [-0.25, -0.2) is 8.42 Å². The molecule has 0 fully saturated rings. The summed E-state index contributed by atoms with van der Waals surface area (Å²) in [6.45, 7) is 5.82. The molecule has 2 rings (SSSR count). The van der Waals surface area contributed by atoms with Crippen LogP contribution in [0.25, 0.3) is 0 Å². The molecule has 118 valence electrons. The number of sulfonamides is 1. The van der Waals surface area contributed by atoms with Crippen LogP contribution in [0.1, 0.15) is 38.7 Å². The lowest BCUT2D eigenvalue weighted by Gasteiger charge is -2.36. The molecule has 0 bridgehead atoms. The third-order valence-corrected chi connectivity index (χ3v) is 5.90. The van der Waals surface area contributed by atoms with E-state index in [0.717, 1.165) is 43.6 Å². The quantitative estimate of drug-likeness (QED) is 0.787. The van der Waals surface area contributed by atoms with Crippen molar-refractivity contribution >= 4 is 15.7 Å². The minimum absolute atomic E-state index is 0.0495. The second kappa shape index (κ2) is 7.27. The zero-order valence-electron chi connectivity index (χ0n) is 13.0. The molecule has 1 N–H and O–H groups in total. The molecule has 0 saturated heterocycles. The van der Waals surface area contributed by atoms with Crippen LogP contribution in [0.2, 0.25) is 0 Å². The zero-order valence-corrected chi connectivity index (χ0v) is 13.8. The Morgan fingerprint density at radius 2 is 2.05 bits per heavy atom. The highest BCUT2D eigenvalue weighted by atomic mass is 32.2. The highest BCUT2D eigenvalue weighted by molar-refractivity contribution is 7.92. The van der Waals surface area contributed by atoms with E-state index in [1.165, 1.54) is 0 Å². The average Bonchev–Trinajstić information content (AvgIpc) is 2.46. The third-order valence-electron chi connectivity index (χ3n) is 3.94. The molecule has 1 atom stereocenters. The van der Waals surface area contributed by atoms with Crippen LogP contribution in [0.15, 0.2) is 24.3 Å². The predicted molar refractivity (Wildman–Crippen MR) is 88.3 cm³/mol. The normalized spacial score (nSPS) is 18.6. The Kier molecular flexibility index (Phi) is 5.65. The summed E-state index contributed by atoms with van der Waals surface area (Å²) in [6, 6.07) is 7.91. The van der Waals surface area contributed by atoms with Crippen molar-refractivity contribution in [3.05, 3.63) is 29.8 Å². The smallest absolute Gasteiger partial charge is 0.235 e. The lowest BCUT2D eigenvalue weighted by Crippen LogP contribution is -2.43. The maximum atomic E-state index is 12.7. The molecular formula is C16H26N2O2S. The van der Waals surface area contributed by atoms with E-state index in [1.54, 1.807) is 4.31 Å². The molecule has 0 spiro atoms. The van der Waals surface area contributed by atoms with E-state index in [0.29, 0.717) is 6.42 Å². The first kappa shape index (κ1) is 16.3. The van der Waals surface area contributed by atoms with Crippen molar-refractivity contribution in [2.75, 3.05) is 23.1 Å². The maximum Gasteiger partial charge on any atom is 0.235 e. The molecular weight excluding hydrogens is 284 g/mol. The molecule has 1 heterocycles. The molecule has 0 amide bonds. The van der Waals surface area contributed by atoms with Crippen molar-refractivity contribution in [1.82, 2.24) is 5.32 Å². The van der Waals surface area contributed by atoms with Crippen molar-refractivity contribution in [3.8, 4) is 0 Å². The van der Waals surface area contributed by atoms with Crippen LogP contribution in [0, 0.1) is 0 Å². The number of rotatable bonds is 7. The summed E-state index contributed by atoms with van der Waals surface area (Å²) in [5.41, 5.74) is 2.01. The number of anilines is 1. The number of benzene rings is 1. The largest absolute Gasteiger partial charge is 0.317 e. The van der Waals surface area contributed by atoms with Gasteiger partial charge in [0, 0.05) is 6.04 Å². The summed E-state index contributed by atoms with van der Waals surface area (Å²) in [4.78, 5) is 0. The highest BCUT2D eigenvalue weighted by Gasteiger charge is 2.31. The Labute approximate surface area is 128 Å². The number of nitrogens with zero attached hydrogens (tertiary/aromatic N) is 1. The molecule has 1 aliphatic rings. The van der Waals surface area contributed by atoms with E-state index in [-0.39, 0.29) is 11.8 Å². The molecule has 5 heteroatoms. The SMILES string of the molecule is CCCNCCCS(=O)(=O)N1c2ccccc2CCC1C. The van der Waals surface area contributed by atoms with Gasteiger partial charge in [-0.3, -0.25) is 4.31 Å². The summed E-state index contributed by atoms with van der Waals surface area (Å²) >= 11 is 0. The molecule has 1 aromatic carbocycles. The van der Waals surface area contributed by atoms with Gasteiger partial charge in [-0.2, -0.15) is 0 Å². The van der Waals surface area contributed by atoms with E-state index in [4.69, 9.17) is 0 Å². The van der Waals surface area contributed by atoms with Gasteiger partial charge in [0.1, 0.15) is 0 Å². The van der Waals surface area contributed by atoms with E-state index < -0.39 is 10.0 Å². The fraction of sp³-hybridized carbons (Fsp3) is 0.625. The van der Waals surface area contributed by atoms with Gasteiger partial charge in [-0.05, 0) is 57.3 Å². The first-order chi connectivity index (χ1) is 10.1. The summed E-state index contributed by atoms with van der Waals surface area (Å²) in [5, 5.41) is 3.26. The van der Waals surface area contributed by atoms with Crippen LogP contribution in [0.5, 0.6) is 0 Å². The molecule has 0 aliphatic carbocycles. The van der Waals surface area contributed by atoms with Gasteiger partial charge in [0.2, 0.25) is 10.0 Å². The Hall–Kier alpha value is -1.07. The lowest BCUT2D eigenvalue weighted by atomic mass is 9.99. The van der Waals surface area contributed by atoms with Crippen LogP contribution in [0.3, 0.4) is 0 Å². The summed E-state index contributed by atoms with van der Waals surface area (Å²) in [6.07, 6.45) is 3.59. The van der Waals surface area contributed by atoms with E-state index in [2.05, 4.69) is 12.2 Å². The lowest BCUT2D eigenvalue weighted by molar-refractivity contribution is 0.558. The van der Waals surface area contributed by atoms with Crippen LogP contribution in [-0.4, -0.2) is 33.3 Å². The Bertz CT molecular complexity index is 557. The minimum Gasteiger partial charge on any atom is -0.317 e. The molecule has 1 aromatic rings. The molecule has 0 saturated carbocycles. The fourth-order valence-electron chi connectivity index (χ4n) is 2.86. The van der Waals surface area contributed by atoms with Crippen molar-refractivity contribution in [2.24, 2.45) is 0 Å². The van der Waals surface area contributed by atoms with E-state index in [1.807, 2.05) is 31.2 Å². The second-order valence-electron chi connectivity index (χ2n) is 5.73. The average molecular weight is 310 g/mol. The maximum absolute atomic E-state index is 12.7. The second-order valence-corrected chi connectivity index (χ2v) is 7.70. The highest BCUT2D eigenvalue weighted by Crippen LogP contribution is 2.32. The van der Waals surface area contributed by atoms with E-state index in [9.17, 15) is 8.42 Å². The first-order valence-electron chi connectivity index (χ1n) is 7.87. The number of aryl methyl sites for hydroxylation is 1. The summed E-state index contributed by atoms with van der Waals surface area (Å²) in [5.74, 6) is 0.211. The number of hydrogen-bond donors (Lipinski definition) is 1. The molecule has 0 radical (unpaired) electrons. The fourth-order valence-corrected chi connectivity index (χ4v) is 4.70.